The number of amides is 2. The van der Waals surface area contributed by atoms with Crippen LogP contribution in [0.1, 0.15) is 31.9 Å². The van der Waals surface area contributed by atoms with Crippen molar-refractivity contribution in [3.05, 3.63) is 23.4 Å². The fraction of sp³-hybridized carbons (Fsp3) is 0.611. The van der Waals surface area contributed by atoms with Crippen molar-refractivity contribution < 1.29 is 28.2 Å². The SMILES string of the molecule is COc1nccc(C)c1CNC(=O)OCC1(F)CN(C(=O)OC(C)(C)C)C1. The van der Waals surface area contributed by atoms with Crippen molar-refractivity contribution in [1.29, 1.82) is 0 Å². The maximum atomic E-state index is 14.5. The van der Waals surface area contributed by atoms with Crippen molar-refractivity contribution in [1.82, 2.24) is 15.2 Å². The number of halogens is 1. The molecule has 2 amide bonds. The molecule has 1 aliphatic heterocycles. The summed E-state index contributed by atoms with van der Waals surface area (Å²) in [6, 6.07) is 1.79. The van der Waals surface area contributed by atoms with E-state index in [1.165, 1.54) is 12.0 Å². The van der Waals surface area contributed by atoms with E-state index in [-0.39, 0.29) is 19.6 Å². The van der Waals surface area contributed by atoms with Crippen LogP contribution in [0.2, 0.25) is 0 Å². The first-order chi connectivity index (χ1) is 12.5. The van der Waals surface area contributed by atoms with Gasteiger partial charge in [-0.2, -0.15) is 0 Å². The average molecular weight is 383 g/mol. The zero-order valence-electron chi connectivity index (χ0n) is 16.3. The lowest BCUT2D eigenvalue weighted by atomic mass is 9.98. The number of pyridine rings is 1. The number of nitrogens with one attached hydrogen (secondary N) is 1. The van der Waals surface area contributed by atoms with Crippen LogP contribution in [0.3, 0.4) is 0 Å². The number of hydrogen-bond acceptors (Lipinski definition) is 6. The Bertz CT molecular complexity index is 699. The Balaban J connectivity index is 1.76. The molecule has 0 aliphatic carbocycles. The molecular formula is C18H26FN3O5. The number of likely N-dealkylation sites (tertiary alicyclic amines) is 1. The molecule has 9 heteroatoms. The average Bonchev–Trinajstić information content (AvgIpc) is 2.54. The lowest BCUT2D eigenvalue weighted by Crippen LogP contribution is -2.64. The zero-order chi connectivity index (χ0) is 20.2. The Morgan fingerprint density at radius 2 is 2.04 bits per heavy atom. The number of ether oxygens (including phenoxy) is 3. The molecule has 1 aromatic heterocycles. The van der Waals surface area contributed by atoms with E-state index < -0.39 is 30.1 Å². The molecule has 150 valence electrons. The molecular weight excluding hydrogens is 357 g/mol. The number of alkyl halides is 1. The minimum Gasteiger partial charge on any atom is -0.481 e. The minimum absolute atomic E-state index is 0.144. The highest BCUT2D eigenvalue weighted by atomic mass is 19.1. The molecule has 1 saturated heterocycles. The molecule has 27 heavy (non-hydrogen) atoms. The molecule has 0 radical (unpaired) electrons. The van der Waals surface area contributed by atoms with E-state index in [0.717, 1.165) is 5.56 Å². The van der Waals surface area contributed by atoms with Crippen LogP contribution in [0.4, 0.5) is 14.0 Å². The third kappa shape index (κ3) is 5.70. The predicted octanol–water partition coefficient (Wildman–Crippen LogP) is 2.58. The first-order valence-electron chi connectivity index (χ1n) is 8.59. The molecule has 0 atom stereocenters. The number of methoxy groups -OCH3 is 1. The van der Waals surface area contributed by atoms with Crippen LogP contribution in [0.25, 0.3) is 0 Å². The Labute approximate surface area is 158 Å². The summed E-state index contributed by atoms with van der Waals surface area (Å²) in [6.07, 6.45) is 0.267. The van der Waals surface area contributed by atoms with E-state index >= 15 is 0 Å². The van der Waals surface area contributed by atoms with Crippen LogP contribution < -0.4 is 10.1 Å². The molecule has 1 aromatic rings. The first-order valence-corrected chi connectivity index (χ1v) is 8.59. The van der Waals surface area contributed by atoms with E-state index in [4.69, 9.17) is 14.2 Å². The molecule has 1 aliphatic rings. The highest BCUT2D eigenvalue weighted by Crippen LogP contribution is 2.27. The summed E-state index contributed by atoms with van der Waals surface area (Å²) in [6.45, 7) is 6.42. The highest BCUT2D eigenvalue weighted by Gasteiger charge is 2.48. The Morgan fingerprint density at radius 3 is 2.63 bits per heavy atom. The maximum Gasteiger partial charge on any atom is 0.410 e. The summed E-state index contributed by atoms with van der Waals surface area (Å²) in [7, 11) is 1.49. The standard InChI is InChI=1S/C18H26FN3O5/c1-12-6-7-20-14(25-5)13(12)8-21-15(23)26-11-18(19)9-22(10-18)16(24)27-17(2,3)4/h6-7H,8-11H2,1-5H3,(H,21,23). The summed E-state index contributed by atoms with van der Waals surface area (Å²) in [5.74, 6) is 0.407. The van der Waals surface area contributed by atoms with Gasteiger partial charge in [0.15, 0.2) is 5.67 Å². The van der Waals surface area contributed by atoms with Gasteiger partial charge in [-0.05, 0) is 39.3 Å². The lowest BCUT2D eigenvalue weighted by Gasteiger charge is -2.43. The van der Waals surface area contributed by atoms with Crippen molar-refractivity contribution in [2.24, 2.45) is 0 Å². The smallest absolute Gasteiger partial charge is 0.410 e. The number of aromatic nitrogens is 1. The topological polar surface area (TPSA) is 90.0 Å². The third-order valence-electron chi connectivity index (χ3n) is 3.92. The van der Waals surface area contributed by atoms with Gasteiger partial charge in [-0.15, -0.1) is 0 Å². The van der Waals surface area contributed by atoms with Gasteiger partial charge >= 0.3 is 12.2 Å². The largest absolute Gasteiger partial charge is 0.481 e. The van der Waals surface area contributed by atoms with Crippen LogP contribution in [-0.4, -0.2) is 60.1 Å². The molecule has 2 heterocycles. The van der Waals surface area contributed by atoms with E-state index in [1.54, 1.807) is 33.0 Å². The Morgan fingerprint density at radius 1 is 1.37 bits per heavy atom. The second kappa shape index (κ2) is 7.98. The number of nitrogens with zero attached hydrogens (tertiary/aromatic N) is 2. The molecule has 0 aromatic carbocycles. The second-order valence-electron chi connectivity index (χ2n) is 7.53. The third-order valence-corrected chi connectivity index (χ3v) is 3.92. The molecule has 0 spiro atoms. The quantitative estimate of drug-likeness (QED) is 0.841. The second-order valence-corrected chi connectivity index (χ2v) is 7.53. The minimum atomic E-state index is -1.77. The zero-order valence-corrected chi connectivity index (χ0v) is 16.3. The van der Waals surface area contributed by atoms with Gasteiger partial charge in [-0.1, -0.05) is 0 Å². The van der Waals surface area contributed by atoms with Gasteiger partial charge in [-0.25, -0.2) is 19.0 Å². The normalized spacial score (nSPS) is 15.6. The van der Waals surface area contributed by atoms with Crippen LogP contribution in [0, 0.1) is 6.92 Å². The van der Waals surface area contributed by atoms with Crippen molar-refractivity contribution in [2.75, 3.05) is 26.8 Å². The maximum absolute atomic E-state index is 14.5. The van der Waals surface area contributed by atoms with Crippen molar-refractivity contribution >= 4 is 12.2 Å². The van der Waals surface area contributed by atoms with E-state index in [1.807, 2.05) is 6.92 Å². The van der Waals surface area contributed by atoms with Gasteiger partial charge in [0.1, 0.15) is 12.2 Å². The summed E-state index contributed by atoms with van der Waals surface area (Å²) in [5, 5.41) is 2.55. The van der Waals surface area contributed by atoms with Crippen molar-refractivity contribution in [3.8, 4) is 5.88 Å². The first kappa shape index (κ1) is 20.7. The summed E-state index contributed by atoms with van der Waals surface area (Å²) < 4.78 is 29.7. The number of hydrogen-bond donors (Lipinski definition) is 1. The molecule has 0 bridgehead atoms. The molecule has 0 saturated carbocycles. The van der Waals surface area contributed by atoms with Crippen molar-refractivity contribution in [2.45, 2.75) is 45.5 Å². The van der Waals surface area contributed by atoms with Crippen LogP contribution in [0.5, 0.6) is 5.88 Å². The van der Waals surface area contributed by atoms with Gasteiger partial charge in [0.2, 0.25) is 5.88 Å². The molecule has 8 nitrogen and oxygen atoms in total. The Hall–Kier alpha value is -2.58. The van der Waals surface area contributed by atoms with Crippen LogP contribution in [-0.2, 0) is 16.0 Å². The molecule has 1 fully saturated rings. The van der Waals surface area contributed by atoms with E-state index in [0.29, 0.717) is 11.4 Å². The Kier molecular flexibility index (Phi) is 6.12. The fourth-order valence-electron chi connectivity index (χ4n) is 2.55. The van der Waals surface area contributed by atoms with Gasteiger partial charge in [0, 0.05) is 11.8 Å². The summed E-state index contributed by atoms with van der Waals surface area (Å²) >= 11 is 0. The molecule has 0 unspecified atom stereocenters. The number of rotatable bonds is 5. The number of carbonyl (C=O) groups excluding carboxylic acids is 2. The van der Waals surface area contributed by atoms with Crippen LogP contribution in [0.15, 0.2) is 12.3 Å². The van der Waals surface area contributed by atoms with E-state index in [9.17, 15) is 14.0 Å². The monoisotopic (exact) mass is 383 g/mol. The number of alkyl carbamates (subject to hydrolysis) is 1. The van der Waals surface area contributed by atoms with Gasteiger partial charge in [-0.3, -0.25) is 0 Å². The van der Waals surface area contributed by atoms with E-state index in [2.05, 4.69) is 10.3 Å². The fourth-order valence-corrected chi connectivity index (χ4v) is 2.55. The summed E-state index contributed by atoms with van der Waals surface area (Å²) in [5.41, 5.74) is -0.799. The van der Waals surface area contributed by atoms with Crippen LogP contribution >= 0.6 is 0 Å². The molecule has 1 N–H and O–H groups in total. The van der Waals surface area contributed by atoms with Gasteiger partial charge < -0.3 is 24.4 Å². The van der Waals surface area contributed by atoms with Crippen molar-refractivity contribution in [3.63, 3.8) is 0 Å². The highest BCUT2D eigenvalue weighted by molar-refractivity contribution is 5.70. The predicted molar refractivity (Wildman–Crippen MR) is 95.4 cm³/mol. The van der Waals surface area contributed by atoms with Gasteiger partial charge in [0.25, 0.3) is 0 Å². The lowest BCUT2D eigenvalue weighted by molar-refractivity contribution is -0.0752. The summed E-state index contributed by atoms with van der Waals surface area (Å²) in [4.78, 5) is 29.0. The van der Waals surface area contributed by atoms with Gasteiger partial charge in [0.05, 0.1) is 26.7 Å². The number of aryl methyl sites for hydroxylation is 1. The molecule has 2 rings (SSSR count). The number of carbonyl (C=O) groups is 2.